The predicted octanol–water partition coefficient (Wildman–Crippen LogP) is 19.8. The number of nitrogens with zero attached hydrogens (tertiary/aromatic N) is 2. The van der Waals surface area contributed by atoms with Crippen molar-refractivity contribution in [3.63, 3.8) is 0 Å². The van der Waals surface area contributed by atoms with Crippen molar-refractivity contribution in [3.05, 3.63) is 236 Å². The number of hydrogen-bond donors (Lipinski definition) is 0. The average Bonchev–Trinajstić information content (AvgIpc) is 3.94. The molecular formula is C64H60N2S. The molecule has 2 aromatic heterocycles. The van der Waals surface area contributed by atoms with E-state index in [-0.39, 0.29) is 0 Å². The number of rotatable bonds is 8. The molecule has 0 aliphatic heterocycles. The smallest absolute Gasteiger partial charge is 0.0541 e. The third-order valence-electron chi connectivity index (χ3n) is 12.2. The summed E-state index contributed by atoms with van der Waals surface area (Å²) in [5, 5.41) is 7.59. The van der Waals surface area contributed by atoms with E-state index in [9.17, 15) is 0 Å². The van der Waals surface area contributed by atoms with Gasteiger partial charge in [-0.2, -0.15) is 0 Å². The van der Waals surface area contributed by atoms with Crippen molar-refractivity contribution in [2.75, 3.05) is 4.90 Å². The van der Waals surface area contributed by atoms with Crippen LogP contribution in [0.1, 0.15) is 54.4 Å². The maximum atomic E-state index is 4.11. The zero-order valence-electron chi connectivity index (χ0n) is 39.8. The van der Waals surface area contributed by atoms with Gasteiger partial charge in [0.2, 0.25) is 0 Å². The number of hydrogen-bond acceptors (Lipinski definition) is 2. The first-order valence-corrected chi connectivity index (χ1v) is 24.6. The molecule has 2 nitrogen and oxygen atoms in total. The molecule has 11 rings (SSSR count). The van der Waals surface area contributed by atoms with Crippen LogP contribution in [-0.2, 0) is 0 Å². The zero-order chi connectivity index (χ0) is 46.9. The van der Waals surface area contributed by atoms with Crippen LogP contribution >= 0.6 is 11.3 Å². The van der Waals surface area contributed by atoms with Gasteiger partial charge in [-0.3, -0.25) is 0 Å². The molecule has 332 valence electrons. The molecule has 10 aromatic rings. The molecule has 0 amide bonds. The summed E-state index contributed by atoms with van der Waals surface area (Å²) < 4.78 is 5.00. The molecule has 0 unspecified atom stereocenters. The van der Waals surface area contributed by atoms with Crippen LogP contribution in [0, 0.1) is 0 Å². The lowest BCUT2D eigenvalue weighted by Gasteiger charge is -2.31. The minimum absolute atomic E-state index is 0.909. The molecule has 0 saturated carbocycles. The number of thiophene rings is 1. The van der Waals surface area contributed by atoms with Crippen molar-refractivity contribution in [1.82, 2.24) is 4.57 Å². The molecule has 0 fully saturated rings. The van der Waals surface area contributed by atoms with Crippen LogP contribution < -0.4 is 4.90 Å². The van der Waals surface area contributed by atoms with Crippen molar-refractivity contribution in [2.45, 2.75) is 54.4 Å². The van der Waals surface area contributed by atoms with Crippen molar-refractivity contribution in [1.29, 1.82) is 0 Å². The van der Waals surface area contributed by atoms with E-state index in [1.807, 2.05) is 52.0 Å². The molecule has 0 radical (unpaired) electrons. The van der Waals surface area contributed by atoms with Crippen LogP contribution in [-0.4, -0.2) is 4.57 Å². The molecule has 1 aliphatic carbocycles. The number of allylic oxidation sites excluding steroid dienone is 8. The van der Waals surface area contributed by atoms with E-state index in [2.05, 4.69) is 224 Å². The van der Waals surface area contributed by atoms with Gasteiger partial charge >= 0.3 is 0 Å². The first-order valence-electron chi connectivity index (χ1n) is 23.8. The summed E-state index contributed by atoms with van der Waals surface area (Å²) in [5.74, 6) is 0. The Bertz CT molecular complexity index is 3450. The Morgan fingerprint density at radius 3 is 1.90 bits per heavy atom. The summed E-state index contributed by atoms with van der Waals surface area (Å²) in [6, 6.07) is 64.8. The first kappa shape index (κ1) is 46.1. The topological polar surface area (TPSA) is 8.17 Å². The second-order valence-corrected chi connectivity index (χ2v) is 17.1. The van der Waals surface area contributed by atoms with Crippen LogP contribution in [0.4, 0.5) is 11.4 Å². The minimum atomic E-state index is 0.909. The predicted molar refractivity (Wildman–Crippen MR) is 299 cm³/mol. The maximum absolute atomic E-state index is 4.11. The van der Waals surface area contributed by atoms with Gasteiger partial charge in [0.15, 0.2) is 0 Å². The Labute approximate surface area is 401 Å². The molecule has 8 aromatic carbocycles. The summed E-state index contributed by atoms with van der Waals surface area (Å²) in [6.45, 7) is 19.5. The SMILES string of the molecule is C=C/C(=C\C)C1=CC=C(N(c2ccc(-c3ccc4ccccc4c3)cc2)c2cc(-c3ccc4c(c3)c3ccccc3n4-c3ccccc3)c3sc4ccccc4c3c2)CC1.C=CC.CC.CC. The third kappa shape index (κ3) is 9.08. The number of benzene rings is 8. The lowest BCUT2D eigenvalue weighted by Crippen LogP contribution is -2.18. The highest BCUT2D eigenvalue weighted by molar-refractivity contribution is 7.26. The van der Waals surface area contributed by atoms with Gasteiger partial charge in [-0.15, -0.1) is 17.9 Å². The normalized spacial score (nSPS) is 12.3. The van der Waals surface area contributed by atoms with Crippen LogP contribution in [0.2, 0.25) is 0 Å². The quantitative estimate of drug-likeness (QED) is 0.109. The lowest BCUT2D eigenvalue weighted by molar-refractivity contribution is 0.885. The molecule has 0 bridgehead atoms. The second-order valence-electron chi connectivity index (χ2n) is 16.0. The summed E-state index contributed by atoms with van der Waals surface area (Å²) in [5.41, 5.74) is 14.6. The van der Waals surface area contributed by atoms with Gasteiger partial charge in [0.25, 0.3) is 0 Å². The van der Waals surface area contributed by atoms with E-state index in [0.717, 1.165) is 24.2 Å². The van der Waals surface area contributed by atoms with E-state index in [1.54, 1.807) is 6.08 Å². The van der Waals surface area contributed by atoms with Gasteiger partial charge in [-0.05, 0) is 138 Å². The Kier molecular flexibility index (Phi) is 14.6. The Morgan fingerprint density at radius 2 is 1.18 bits per heavy atom. The van der Waals surface area contributed by atoms with E-state index in [0.29, 0.717) is 0 Å². The van der Waals surface area contributed by atoms with E-state index >= 15 is 0 Å². The van der Waals surface area contributed by atoms with Gasteiger partial charge in [0.1, 0.15) is 0 Å². The molecule has 3 heteroatoms. The fraction of sp³-hybridized carbons (Fsp3) is 0.125. The van der Waals surface area contributed by atoms with Gasteiger partial charge in [-0.1, -0.05) is 168 Å². The van der Waals surface area contributed by atoms with Gasteiger partial charge in [0.05, 0.1) is 11.0 Å². The van der Waals surface area contributed by atoms with Crippen LogP contribution in [0.25, 0.3) is 80.7 Å². The van der Waals surface area contributed by atoms with E-state index in [1.165, 1.54) is 97.5 Å². The van der Waals surface area contributed by atoms with Crippen molar-refractivity contribution >= 4 is 75.5 Å². The lowest BCUT2D eigenvalue weighted by atomic mass is 9.94. The van der Waals surface area contributed by atoms with Crippen LogP contribution in [0.15, 0.2) is 236 Å². The second kappa shape index (κ2) is 21.2. The molecule has 67 heavy (non-hydrogen) atoms. The third-order valence-corrected chi connectivity index (χ3v) is 13.5. The van der Waals surface area contributed by atoms with Crippen molar-refractivity contribution in [3.8, 4) is 27.9 Å². The Balaban J connectivity index is 0.000000827. The molecular weight excluding hydrogens is 829 g/mol. The monoisotopic (exact) mass is 888 g/mol. The molecule has 1 aliphatic rings. The number of fused-ring (bicyclic) bond motifs is 7. The summed E-state index contributed by atoms with van der Waals surface area (Å²) in [6.07, 6.45) is 12.4. The van der Waals surface area contributed by atoms with E-state index < -0.39 is 0 Å². The summed E-state index contributed by atoms with van der Waals surface area (Å²) >= 11 is 1.89. The van der Waals surface area contributed by atoms with Gasteiger partial charge < -0.3 is 9.47 Å². The van der Waals surface area contributed by atoms with Crippen molar-refractivity contribution < 1.29 is 0 Å². The van der Waals surface area contributed by atoms with Gasteiger partial charge in [-0.25, -0.2) is 0 Å². The molecule has 0 spiro atoms. The highest BCUT2D eigenvalue weighted by atomic mass is 32.1. The minimum Gasteiger partial charge on any atom is -0.314 e. The summed E-state index contributed by atoms with van der Waals surface area (Å²) in [4.78, 5) is 2.50. The number of para-hydroxylation sites is 2. The van der Waals surface area contributed by atoms with Gasteiger partial charge in [0, 0.05) is 59.3 Å². The largest absolute Gasteiger partial charge is 0.314 e. The fourth-order valence-electron chi connectivity index (χ4n) is 9.29. The average molecular weight is 889 g/mol. The number of aromatic nitrogens is 1. The zero-order valence-corrected chi connectivity index (χ0v) is 40.6. The van der Waals surface area contributed by atoms with Crippen molar-refractivity contribution in [2.24, 2.45) is 0 Å². The van der Waals surface area contributed by atoms with Crippen LogP contribution in [0.3, 0.4) is 0 Å². The highest BCUT2D eigenvalue weighted by Gasteiger charge is 2.23. The molecule has 0 N–H and O–H groups in total. The van der Waals surface area contributed by atoms with E-state index in [4.69, 9.17) is 0 Å². The Morgan fingerprint density at radius 1 is 0.537 bits per heavy atom. The highest BCUT2D eigenvalue weighted by Crippen LogP contribution is 2.47. The molecule has 0 atom stereocenters. The first-order chi connectivity index (χ1) is 33.1. The Hall–Kier alpha value is -7.46. The summed E-state index contributed by atoms with van der Waals surface area (Å²) in [7, 11) is 0. The standard InChI is InChI=1S/C57H42N2S.C3H6.2C2H6/c1-3-38(4-2)40-24-29-46(30-25-40)58(47-31-26-41(27-32-47)43-23-22-39-14-8-9-15-42(39)34-43)48-36-51(57-53(37-48)50-19-11-13-21-56(50)60-57)44-28-33-55-52(35-44)49-18-10-12-20-54(49)59(55)45-16-6-5-7-17-45;1-3-2;2*1-2/h3-24,26-29,31-37H,1,25,30H2,2H3;3H,1H2,2H3;2*1-2H3/b38-4+;;;. The number of anilines is 2. The fourth-order valence-corrected chi connectivity index (χ4v) is 10.5. The molecule has 2 heterocycles. The van der Waals surface area contributed by atoms with Crippen LogP contribution in [0.5, 0.6) is 0 Å². The maximum Gasteiger partial charge on any atom is 0.0541 e. The molecule has 0 saturated heterocycles.